The second-order valence-electron chi connectivity index (χ2n) is 6.14. The van der Waals surface area contributed by atoms with Crippen LogP contribution in [0.5, 0.6) is 0 Å². The lowest BCUT2D eigenvalue weighted by Crippen LogP contribution is -2.38. The van der Waals surface area contributed by atoms with Gasteiger partial charge in [-0.05, 0) is 39.0 Å². The molecule has 5 nitrogen and oxygen atoms in total. The molecule has 0 bridgehead atoms. The number of hydrogen-bond acceptors (Lipinski definition) is 5. The van der Waals surface area contributed by atoms with Crippen LogP contribution in [0.4, 0.5) is 0 Å². The van der Waals surface area contributed by atoms with Crippen molar-refractivity contribution in [3.63, 3.8) is 0 Å². The summed E-state index contributed by atoms with van der Waals surface area (Å²) in [5.74, 6) is 5.04. The van der Waals surface area contributed by atoms with E-state index < -0.39 is 23.5 Å². The Morgan fingerprint density at radius 3 is 2.62 bits per heavy atom. The first-order valence-electron chi connectivity index (χ1n) is 8.82. The summed E-state index contributed by atoms with van der Waals surface area (Å²) in [6, 6.07) is 0. The van der Waals surface area contributed by atoms with Gasteiger partial charge in [0.25, 0.3) is 0 Å². The maximum absolute atomic E-state index is 12.3. The van der Waals surface area contributed by atoms with Crippen molar-refractivity contribution in [3.8, 4) is 11.8 Å². The van der Waals surface area contributed by atoms with Crippen molar-refractivity contribution in [1.29, 1.82) is 0 Å². The van der Waals surface area contributed by atoms with E-state index in [-0.39, 0.29) is 12.4 Å². The Labute approximate surface area is 144 Å². The number of ether oxygens (including phenoxy) is 2. The van der Waals surface area contributed by atoms with Crippen LogP contribution in [0.3, 0.4) is 0 Å². The molecule has 0 spiro atoms. The third-order valence-electron chi connectivity index (χ3n) is 4.27. The Hall–Kier alpha value is -1.83. The van der Waals surface area contributed by atoms with E-state index in [1.165, 1.54) is 6.92 Å². The van der Waals surface area contributed by atoms with Gasteiger partial charge in [-0.1, -0.05) is 25.2 Å². The minimum atomic E-state index is -1.08. The van der Waals surface area contributed by atoms with Crippen molar-refractivity contribution < 1.29 is 23.9 Å². The van der Waals surface area contributed by atoms with Crippen molar-refractivity contribution >= 4 is 17.7 Å². The average Bonchev–Trinajstić information content (AvgIpc) is 2.90. The quantitative estimate of drug-likeness (QED) is 0.295. The molecule has 1 saturated carbocycles. The van der Waals surface area contributed by atoms with Gasteiger partial charge in [-0.25, -0.2) is 0 Å². The molecule has 1 aliphatic rings. The highest BCUT2D eigenvalue weighted by atomic mass is 16.5. The summed E-state index contributed by atoms with van der Waals surface area (Å²) in [5, 5.41) is 0. The molecule has 0 amide bonds. The fourth-order valence-corrected chi connectivity index (χ4v) is 2.97. The van der Waals surface area contributed by atoms with E-state index in [1.807, 2.05) is 0 Å². The number of unbranched alkanes of at least 4 members (excludes halogenated alkanes) is 2. The third-order valence-corrected chi connectivity index (χ3v) is 4.27. The molecule has 0 aromatic rings. The Bertz CT molecular complexity index is 514. The topological polar surface area (TPSA) is 69.7 Å². The van der Waals surface area contributed by atoms with E-state index in [1.54, 1.807) is 6.92 Å². The summed E-state index contributed by atoms with van der Waals surface area (Å²) in [4.78, 5) is 35.9. The van der Waals surface area contributed by atoms with E-state index in [9.17, 15) is 14.4 Å². The molecule has 0 aromatic heterocycles. The van der Waals surface area contributed by atoms with E-state index in [4.69, 9.17) is 9.47 Å². The van der Waals surface area contributed by atoms with Gasteiger partial charge in [0.05, 0.1) is 6.61 Å². The second-order valence-corrected chi connectivity index (χ2v) is 6.14. The zero-order chi connectivity index (χ0) is 18.0. The summed E-state index contributed by atoms with van der Waals surface area (Å²) in [7, 11) is 0. The molecule has 1 aliphatic carbocycles. The Kier molecular flexibility index (Phi) is 8.53. The summed E-state index contributed by atoms with van der Waals surface area (Å²) in [5.41, 5.74) is -1.08. The second kappa shape index (κ2) is 10.1. The smallest absolute Gasteiger partial charge is 0.319 e. The fraction of sp³-hybridized carbons (Fsp3) is 0.737. The first-order valence-corrected chi connectivity index (χ1v) is 8.82. The van der Waals surface area contributed by atoms with Crippen LogP contribution in [0.2, 0.25) is 0 Å². The van der Waals surface area contributed by atoms with Crippen molar-refractivity contribution in [2.45, 2.75) is 78.2 Å². The first kappa shape index (κ1) is 20.2. The van der Waals surface area contributed by atoms with Crippen molar-refractivity contribution in [2.24, 2.45) is 5.41 Å². The summed E-state index contributed by atoms with van der Waals surface area (Å²) >= 11 is 0. The molecular weight excluding hydrogens is 308 g/mol. The zero-order valence-electron chi connectivity index (χ0n) is 15.0. The van der Waals surface area contributed by atoms with Crippen molar-refractivity contribution in [1.82, 2.24) is 0 Å². The van der Waals surface area contributed by atoms with Gasteiger partial charge >= 0.3 is 11.9 Å². The van der Waals surface area contributed by atoms with E-state index >= 15 is 0 Å². The van der Waals surface area contributed by atoms with Gasteiger partial charge in [0.1, 0.15) is 11.2 Å². The molecule has 0 radical (unpaired) electrons. The number of Topliss-reactive ketones (excluding diaryl/α,β-unsaturated/α-hetero) is 1. The zero-order valence-corrected chi connectivity index (χ0v) is 15.0. The largest absolute Gasteiger partial charge is 0.465 e. The highest BCUT2D eigenvalue weighted by Gasteiger charge is 2.49. The summed E-state index contributed by atoms with van der Waals surface area (Å²) < 4.78 is 10.4. The molecule has 1 fully saturated rings. The van der Waals surface area contributed by atoms with Crippen LogP contribution >= 0.6 is 0 Å². The minimum absolute atomic E-state index is 0.0681. The van der Waals surface area contributed by atoms with E-state index in [0.717, 1.165) is 19.3 Å². The number of carbonyl (C=O) groups excluding carboxylic acids is 3. The highest BCUT2D eigenvalue weighted by molar-refractivity contribution is 6.05. The summed E-state index contributed by atoms with van der Waals surface area (Å²) in [6.07, 6.45) is 4.47. The van der Waals surface area contributed by atoms with Crippen LogP contribution in [-0.4, -0.2) is 30.4 Å². The molecule has 0 aromatic carbocycles. The van der Waals surface area contributed by atoms with Gasteiger partial charge in [0.2, 0.25) is 0 Å². The monoisotopic (exact) mass is 336 g/mol. The van der Waals surface area contributed by atoms with Crippen LogP contribution in [0, 0.1) is 17.3 Å². The van der Waals surface area contributed by atoms with Crippen LogP contribution < -0.4 is 0 Å². The number of rotatable bonds is 8. The molecule has 5 heteroatoms. The maximum Gasteiger partial charge on any atom is 0.319 e. The molecule has 2 atom stereocenters. The Balaban J connectivity index is 2.79. The van der Waals surface area contributed by atoms with Gasteiger partial charge in [-0.3, -0.25) is 14.4 Å². The van der Waals surface area contributed by atoms with Gasteiger partial charge in [0.15, 0.2) is 6.10 Å². The molecule has 0 N–H and O–H groups in total. The SMILES string of the molecule is CCCCC#CC(CCC1(C(=O)OCC)CCCC1=O)OC(C)=O. The van der Waals surface area contributed by atoms with Crippen LogP contribution in [-0.2, 0) is 23.9 Å². The third kappa shape index (κ3) is 5.67. The van der Waals surface area contributed by atoms with Crippen molar-refractivity contribution in [3.05, 3.63) is 0 Å². The lowest BCUT2D eigenvalue weighted by atomic mass is 9.80. The van der Waals surface area contributed by atoms with Gasteiger partial charge in [-0.15, -0.1) is 0 Å². The van der Waals surface area contributed by atoms with Crippen LogP contribution in [0.1, 0.15) is 72.1 Å². The molecular formula is C19H28O5. The molecule has 1 rings (SSSR count). The molecule has 24 heavy (non-hydrogen) atoms. The van der Waals surface area contributed by atoms with Gasteiger partial charge in [-0.2, -0.15) is 0 Å². The molecule has 134 valence electrons. The minimum Gasteiger partial charge on any atom is -0.465 e. The number of esters is 2. The molecule has 0 aliphatic heterocycles. The van der Waals surface area contributed by atoms with Gasteiger partial charge < -0.3 is 9.47 Å². The number of ketones is 1. The Morgan fingerprint density at radius 2 is 2.08 bits per heavy atom. The number of hydrogen-bond donors (Lipinski definition) is 0. The molecule has 2 unspecified atom stereocenters. The highest BCUT2D eigenvalue weighted by Crippen LogP contribution is 2.40. The standard InChI is InChI=1S/C19H28O5/c1-4-6-7-8-10-16(24-15(3)20)12-14-19(18(22)23-5-2)13-9-11-17(19)21/h16H,4-7,9,11-14H2,1-3H3. The fourth-order valence-electron chi connectivity index (χ4n) is 2.97. The normalized spacial score (nSPS) is 20.9. The Morgan fingerprint density at radius 1 is 1.33 bits per heavy atom. The maximum atomic E-state index is 12.3. The first-order chi connectivity index (χ1) is 11.5. The molecule has 0 heterocycles. The molecule has 0 saturated heterocycles. The number of carbonyl (C=O) groups is 3. The lowest BCUT2D eigenvalue weighted by Gasteiger charge is -2.25. The van der Waals surface area contributed by atoms with Crippen LogP contribution in [0.15, 0.2) is 0 Å². The lowest BCUT2D eigenvalue weighted by molar-refractivity contribution is -0.159. The predicted molar refractivity (Wildman–Crippen MR) is 90.0 cm³/mol. The average molecular weight is 336 g/mol. The summed E-state index contributed by atoms with van der Waals surface area (Å²) in [6.45, 7) is 5.40. The van der Waals surface area contributed by atoms with Crippen LogP contribution in [0.25, 0.3) is 0 Å². The van der Waals surface area contributed by atoms with E-state index in [2.05, 4.69) is 18.8 Å². The predicted octanol–water partition coefficient (Wildman–Crippen LogP) is 3.19. The van der Waals surface area contributed by atoms with Gasteiger partial charge in [0, 0.05) is 19.8 Å². The van der Waals surface area contributed by atoms with Crippen molar-refractivity contribution in [2.75, 3.05) is 6.61 Å². The van der Waals surface area contributed by atoms with E-state index in [0.29, 0.717) is 32.1 Å².